The Morgan fingerprint density at radius 1 is 1.03 bits per heavy atom. The average molecular weight is 514 g/mol. The summed E-state index contributed by atoms with van der Waals surface area (Å²) in [5.41, 5.74) is 0.784. The van der Waals surface area contributed by atoms with E-state index < -0.39 is 17.7 Å². The van der Waals surface area contributed by atoms with Crippen molar-refractivity contribution < 1.29 is 43.1 Å². The highest BCUT2D eigenvalue weighted by Crippen LogP contribution is 2.46. The molecule has 37 heavy (non-hydrogen) atoms. The Labute approximate surface area is 215 Å². The lowest BCUT2D eigenvalue weighted by Gasteiger charge is -2.26. The maximum atomic E-state index is 13.3. The van der Waals surface area contributed by atoms with Crippen LogP contribution in [0, 0.1) is 0 Å². The van der Waals surface area contributed by atoms with E-state index >= 15 is 0 Å². The monoisotopic (exact) mass is 513 g/mol. The van der Waals surface area contributed by atoms with Crippen LogP contribution < -0.4 is 23.7 Å². The Balaban J connectivity index is 1.83. The lowest BCUT2D eigenvalue weighted by molar-refractivity contribution is -0.140. The van der Waals surface area contributed by atoms with Crippen molar-refractivity contribution in [1.82, 2.24) is 4.90 Å². The smallest absolute Gasteiger partial charge is 0.295 e. The van der Waals surface area contributed by atoms with Crippen LogP contribution in [0.1, 0.15) is 37.4 Å². The van der Waals surface area contributed by atoms with Gasteiger partial charge in [-0.3, -0.25) is 9.59 Å². The van der Waals surface area contributed by atoms with Gasteiger partial charge in [-0.1, -0.05) is 0 Å². The number of ketones is 1. The minimum atomic E-state index is -0.904. The number of carbonyl (C=O) groups excluding carboxylic acids is 2. The molecule has 0 saturated carbocycles. The molecule has 0 aromatic heterocycles. The Kier molecular flexibility index (Phi) is 7.77. The van der Waals surface area contributed by atoms with Gasteiger partial charge in [-0.15, -0.1) is 0 Å². The second-order valence-corrected chi connectivity index (χ2v) is 8.79. The van der Waals surface area contributed by atoms with Gasteiger partial charge in [0, 0.05) is 18.7 Å². The molecule has 0 aliphatic carbocycles. The SMILES string of the molecule is COc1cc(C2/C(=C(\O)c3ccc4c(c3)OCO4)C(=O)C(=O)N2CCCOC(C)C)cc(OC)c1OC. The molecule has 0 spiro atoms. The van der Waals surface area contributed by atoms with E-state index in [0.717, 1.165) is 0 Å². The predicted octanol–water partition coefficient (Wildman–Crippen LogP) is 3.68. The number of hydrogen-bond acceptors (Lipinski definition) is 9. The van der Waals surface area contributed by atoms with Crippen LogP contribution in [0.15, 0.2) is 35.9 Å². The standard InChI is InChI=1S/C27H31NO9/c1-15(2)35-10-6-9-28-23(17-12-20(32-3)26(34-5)21(13-17)33-4)22(25(30)27(28)31)24(29)16-7-8-18-19(11-16)37-14-36-18/h7-8,11-13,15,23,29H,6,9-10,14H2,1-5H3/b24-22+. The molecule has 1 unspecified atom stereocenters. The zero-order chi connectivity index (χ0) is 26.7. The summed E-state index contributed by atoms with van der Waals surface area (Å²) in [6.45, 7) is 4.55. The first kappa shape index (κ1) is 26.2. The van der Waals surface area contributed by atoms with Crippen LogP contribution in [0.5, 0.6) is 28.7 Å². The molecule has 0 bridgehead atoms. The minimum Gasteiger partial charge on any atom is -0.507 e. The van der Waals surface area contributed by atoms with E-state index in [-0.39, 0.29) is 30.8 Å². The fraction of sp³-hybridized carbons (Fsp3) is 0.407. The van der Waals surface area contributed by atoms with E-state index in [9.17, 15) is 14.7 Å². The number of likely N-dealkylation sites (tertiary alicyclic amines) is 1. The lowest BCUT2D eigenvalue weighted by atomic mass is 9.94. The van der Waals surface area contributed by atoms with Crippen LogP contribution in [0.2, 0.25) is 0 Å². The molecule has 1 fully saturated rings. The molecule has 4 rings (SSSR count). The Morgan fingerprint density at radius 3 is 2.32 bits per heavy atom. The highest BCUT2D eigenvalue weighted by atomic mass is 16.7. The Hall–Kier alpha value is -3.92. The van der Waals surface area contributed by atoms with Crippen LogP contribution >= 0.6 is 0 Å². The molecule has 10 heteroatoms. The first-order valence-corrected chi connectivity index (χ1v) is 11.9. The molecule has 2 aromatic carbocycles. The van der Waals surface area contributed by atoms with Crippen LogP contribution in [0.3, 0.4) is 0 Å². The van der Waals surface area contributed by atoms with Gasteiger partial charge in [0.05, 0.1) is 39.0 Å². The van der Waals surface area contributed by atoms with Crippen molar-refractivity contribution in [1.29, 1.82) is 0 Å². The second-order valence-electron chi connectivity index (χ2n) is 8.79. The number of fused-ring (bicyclic) bond motifs is 1. The molecule has 1 atom stereocenters. The van der Waals surface area contributed by atoms with Gasteiger partial charge >= 0.3 is 0 Å². The summed E-state index contributed by atoms with van der Waals surface area (Å²) >= 11 is 0. The number of amides is 1. The molecule has 2 aromatic rings. The van der Waals surface area contributed by atoms with Crippen LogP contribution in [-0.4, -0.2) is 69.1 Å². The molecule has 2 aliphatic rings. The number of Topliss-reactive ketones (excluding diaryl/α,β-unsaturated/α-hetero) is 1. The van der Waals surface area contributed by atoms with Gasteiger partial charge in [-0.25, -0.2) is 0 Å². The van der Waals surface area contributed by atoms with Crippen LogP contribution in [0.4, 0.5) is 0 Å². The van der Waals surface area contributed by atoms with E-state index in [0.29, 0.717) is 52.9 Å². The number of benzene rings is 2. The number of nitrogens with zero attached hydrogens (tertiary/aromatic N) is 1. The van der Waals surface area contributed by atoms with Crippen molar-refractivity contribution in [2.24, 2.45) is 0 Å². The van der Waals surface area contributed by atoms with Crippen molar-refractivity contribution in [2.45, 2.75) is 32.4 Å². The summed E-state index contributed by atoms with van der Waals surface area (Å²) in [4.78, 5) is 28.0. The highest BCUT2D eigenvalue weighted by molar-refractivity contribution is 6.46. The predicted molar refractivity (Wildman–Crippen MR) is 133 cm³/mol. The van der Waals surface area contributed by atoms with Crippen molar-refractivity contribution >= 4 is 17.4 Å². The molecule has 10 nitrogen and oxygen atoms in total. The number of aliphatic hydroxyl groups excluding tert-OH is 1. The number of methoxy groups -OCH3 is 3. The van der Waals surface area contributed by atoms with Gasteiger partial charge in [0.15, 0.2) is 23.0 Å². The quantitative estimate of drug-likeness (QED) is 0.220. The third-order valence-electron chi connectivity index (χ3n) is 6.18. The zero-order valence-electron chi connectivity index (χ0n) is 21.5. The van der Waals surface area contributed by atoms with Crippen LogP contribution in [0.25, 0.3) is 5.76 Å². The zero-order valence-corrected chi connectivity index (χ0v) is 21.5. The first-order chi connectivity index (χ1) is 17.8. The molecule has 2 aliphatic heterocycles. The van der Waals surface area contributed by atoms with Gasteiger partial charge in [-0.2, -0.15) is 0 Å². The van der Waals surface area contributed by atoms with Crippen molar-refractivity contribution in [3.05, 3.63) is 47.0 Å². The first-order valence-electron chi connectivity index (χ1n) is 11.9. The number of aliphatic hydroxyl groups is 1. The van der Waals surface area contributed by atoms with Crippen LogP contribution in [-0.2, 0) is 14.3 Å². The van der Waals surface area contributed by atoms with Gasteiger partial charge in [0.2, 0.25) is 12.5 Å². The van der Waals surface area contributed by atoms with Crippen molar-refractivity contribution in [3.63, 3.8) is 0 Å². The van der Waals surface area contributed by atoms with E-state index in [2.05, 4.69) is 0 Å². The number of carbonyl (C=O) groups is 2. The Morgan fingerprint density at radius 2 is 1.70 bits per heavy atom. The fourth-order valence-electron chi connectivity index (χ4n) is 4.47. The van der Waals surface area contributed by atoms with Gasteiger partial charge in [-0.05, 0) is 56.2 Å². The fourth-order valence-corrected chi connectivity index (χ4v) is 4.47. The van der Waals surface area contributed by atoms with E-state index in [1.807, 2.05) is 13.8 Å². The number of hydrogen-bond donors (Lipinski definition) is 1. The Bertz CT molecular complexity index is 1200. The maximum Gasteiger partial charge on any atom is 0.295 e. The summed E-state index contributed by atoms with van der Waals surface area (Å²) in [5.74, 6) is 0.214. The van der Waals surface area contributed by atoms with E-state index in [1.54, 1.807) is 30.3 Å². The molecule has 2 heterocycles. The van der Waals surface area contributed by atoms with E-state index in [4.69, 9.17) is 28.4 Å². The molecular formula is C27H31NO9. The third-order valence-corrected chi connectivity index (χ3v) is 6.18. The molecular weight excluding hydrogens is 482 g/mol. The lowest BCUT2D eigenvalue weighted by Crippen LogP contribution is -2.31. The second kappa shape index (κ2) is 11.0. The number of rotatable bonds is 10. The molecule has 1 amide bonds. The summed E-state index contributed by atoms with van der Waals surface area (Å²) in [6.07, 6.45) is 0.531. The summed E-state index contributed by atoms with van der Waals surface area (Å²) in [6, 6.07) is 7.27. The molecule has 0 radical (unpaired) electrons. The molecule has 198 valence electrons. The molecule has 1 N–H and O–H groups in total. The summed E-state index contributed by atoms with van der Waals surface area (Å²) < 4.78 is 32.8. The number of ether oxygens (including phenoxy) is 6. The van der Waals surface area contributed by atoms with E-state index in [1.165, 1.54) is 26.2 Å². The normalized spacial score (nSPS) is 18.0. The van der Waals surface area contributed by atoms with Gasteiger partial charge in [0.1, 0.15) is 5.76 Å². The molecule has 1 saturated heterocycles. The van der Waals surface area contributed by atoms with Gasteiger partial charge < -0.3 is 38.4 Å². The van der Waals surface area contributed by atoms with Gasteiger partial charge in [0.25, 0.3) is 11.7 Å². The topological polar surface area (TPSA) is 113 Å². The average Bonchev–Trinajstić information content (AvgIpc) is 3.47. The maximum absolute atomic E-state index is 13.3. The largest absolute Gasteiger partial charge is 0.507 e. The highest BCUT2D eigenvalue weighted by Gasteiger charge is 2.46. The van der Waals surface area contributed by atoms with Crippen molar-refractivity contribution in [3.8, 4) is 28.7 Å². The van der Waals surface area contributed by atoms with Crippen molar-refractivity contribution in [2.75, 3.05) is 41.3 Å². The summed E-state index contributed by atoms with van der Waals surface area (Å²) in [7, 11) is 4.45. The summed E-state index contributed by atoms with van der Waals surface area (Å²) in [5, 5.41) is 11.4. The minimum absolute atomic E-state index is 0.0346. The third kappa shape index (κ3) is 5.01.